The molecular formula is C15H15Br2N3O4. The second-order valence-electron chi connectivity index (χ2n) is 6.64. The number of halogens is 2. The summed E-state index contributed by atoms with van der Waals surface area (Å²) in [7, 11) is 0. The van der Waals surface area contributed by atoms with E-state index < -0.39 is 5.91 Å². The highest BCUT2D eigenvalue weighted by atomic mass is 79.9. The summed E-state index contributed by atoms with van der Waals surface area (Å²) in [6, 6.07) is 1.57. The number of aromatic nitrogens is 1. The SMILES string of the molecule is Cc1cc(NC(=O)CN2C(=O)[C@@H]3[C@H]4C[C@@H]([C@H](Br)[C@H]4Br)[C@@H]3C2=O)no1. The van der Waals surface area contributed by atoms with Gasteiger partial charge in [0.2, 0.25) is 17.7 Å². The molecule has 2 bridgehead atoms. The van der Waals surface area contributed by atoms with Crippen LogP contribution >= 0.6 is 31.9 Å². The van der Waals surface area contributed by atoms with Crippen LogP contribution in [0.25, 0.3) is 0 Å². The Morgan fingerprint density at radius 3 is 2.38 bits per heavy atom. The van der Waals surface area contributed by atoms with Gasteiger partial charge in [-0.15, -0.1) is 0 Å². The number of hydrogen-bond donors (Lipinski definition) is 1. The van der Waals surface area contributed by atoms with Crippen LogP contribution in [0.3, 0.4) is 0 Å². The Balaban J connectivity index is 1.48. The summed E-state index contributed by atoms with van der Waals surface area (Å²) >= 11 is 7.27. The summed E-state index contributed by atoms with van der Waals surface area (Å²) in [5.41, 5.74) is 0. The average Bonchev–Trinajstić information content (AvgIpc) is 3.23. The van der Waals surface area contributed by atoms with Crippen LogP contribution < -0.4 is 5.32 Å². The number of imide groups is 1. The first-order valence-electron chi connectivity index (χ1n) is 7.75. The van der Waals surface area contributed by atoms with Gasteiger partial charge in [-0.05, 0) is 25.2 Å². The minimum absolute atomic E-state index is 0.145. The fourth-order valence-electron chi connectivity index (χ4n) is 4.32. The molecule has 9 heteroatoms. The molecule has 2 heterocycles. The van der Waals surface area contributed by atoms with Crippen molar-refractivity contribution in [3.8, 4) is 0 Å². The molecule has 7 nitrogen and oxygen atoms in total. The molecule has 1 aromatic rings. The number of alkyl halides is 2. The molecule has 0 unspecified atom stereocenters. The van der Waals surface area contributed by atoms with E-state index in [1.54, 1.807) is 13.0 Å². The molecule has 2 saturated carbocycles. The number of nitrogens with one attached hydrogen (secondary N) is 1. The molecule has 1 aromatic heterocycles. The second kappa shape index (κ2) is 5.66. The summed E-state index contributed by atoms with van der Waals surface area (Å²) in [5.74, 6) is -0.386. The number of nitrogens with zero attached hydrogens (tertiary/aromatic N) is 2. The number of hydrogen-bond acceptors (Lipinski definition) is 5. The Kier molecular flexibility index (Phi) is 3.83. The zero-order valence-corrected chi connectivity index (χ0v) is 15.9. The maximum atomic E-state index is 12.7. The van der Waals surface area contributed by atoms with Gasteiger partial charge >= 0.3 is 0 Å². The number of carbonyl (C=O) groups is 3. The van der Waals surface area contributed by atoms with E-state index >= 15 is 0 Å². The molecule has 3 fully saturated rings. The van der Waals surface area contributed by atoms with E-state index in [4.69, 9.17) is 4.52 Å². The minimum Gasteiger partial charge on any atom is -0.360 e. The first-order chi connectivity index (χ1) is 11.4. The minimum atomic E-state index is -0.455. The van der Waals surface area contributed by atoms with E-state index in [1.807, 2.05) is 0 Å². The maximum Gasteiger partial charge on any atom is 0.245 e. The summed E-state index contributed by atoms with van der Waals surface area (Å²) in [5, 5.41) is 6.22. The highest BCUT2D eigenvalue weighted by Gasteiger charge is 2.66. The predicted molar refractivity (Wildman–Crippen MR) is 90.6 cm³/mol. The molecule has 1 N–H and O–H groups in total. The van der Waals surface area contributed by atoms with Gasteiger partial charge in [0.1, 0.15) is 12.3 Å². The van der Waals surface area contributed by atoms with Crippen molar-refractivity contribution in [1.82, 2.24) is 10.1 Å². The molecule has 0 aromatic carbocycles. The number of anilines is 1. The molecule has 0 spiro atoms. The van der Waals surface area contributed by atoms with Crippen molar-refractivity contribution < 1.29 is 18.9 Å². The van der Waals surface area contributed by atoms with Crippen LogP contribution in [0.15, 0.2) is 10.6 Å². The van der Waals surface area contributed by atoms with Gasteiger partial charge in [-0.1, -0.05) is 37.0 Å². The first kappa shape index (κ1) is 16.3. The lowest BCUT2D eigenvalue weighted by atomic mass is 9.81. The molecule has 4 rings (SSSR count). The van der Waals surface area contributed by atoms with Crippen molar-refractivity contribution >= 4 is 55.4 Å². The lowest BCUT2D eigenvalue weighted by Gasteiger charge is -2.28. The summed E-state index contributed by atoms with van der Waals surface area (Å²) < 4.78 is 4.88. The molecule has 3 amide bonds. The average molecular weight is 461 g/mol. The molecule has 1 aliphatic heterocycles. The lowest BCUT2D eigenvalue weighted by Crippen LogP contribution is -2.39. The quantitative estimate of drug-likeness (QED) is 0.547. The van der Waals surface area contributed by atoms with Crippen LogP contribution in [0.4, 0.5) is 5.82 Å². The third kappa shape index (κ3) is 2.28. The van der Waals surface area contributed by atoms with Crippen LogP contribution in [0, 0.1) is 30.6 Å². The number of amides is 3. The third-order valence-corrected chi connectivity index (χ3v) is 8.48. The molecule has 2 aliphatic carbocycles. The molecule has 0 radical (unpaired) electrons. The maximum absolute atomic E-state index is 12.7. The second-order valence-corrected chi connectivity index (χ2v) is 8.75. The molecular weight excluding hydrogens is 446 g/mol. The molecule has 3 aliphatic rings. The lowest BCUT2D eigenvalue weighted by molar-refractivity contribution is -0.143. The normalized spacial score (nSPS) is 37.2. The van der Waals surface area contributed by atoms with Crippen molar-refractivity contribution in [3.63, 3.8) is 0 Å². The fraction of sp³-hybridized carbons (Fsp3) is 0.600. The van der Waals surface area contributed by atoms with Crippen molar-refractivity contribution in [2.24, 2.45) is 23.7 Å². The zero-order valence-electron chi connectivity index (χ0n) is 12.7. The van der Waals surface area contributed by atoms with E-state index in [2.05, 4.69) is 42.3 Å². The third-order valence-electron chi connectivity index (χ3n) is 5.28. The summed E-state index contributed by atoms with van der Waals surface area (Å²) in [6.45, 7) is 1.43. The van der Waals surface area contributed by atoms with Gasteiger partial charge < -0.3 is 9.84 Å². The van der Waals surface area contributed by atoms with Gasteiger partial charge in [-0.3, -0.25) is 19.3 Å². The summed E-state index contributed by atoms with van der Waals surface area (Å²) in [6.07, 6.45) is 0.872. The molecule has 24 heavy (non-hydrogen) atoms. The standard InChI is InChI=1S/C15H15Br2N3O4/c1-5-2-8(19-24-5)18-9(21)4-20-14(22)10-6-3-7(11(10)15(20)23)13(17)12(6)16/h2,6-7,10-13H,3-4H2,1H3,(H,18,19,21)/t6-,7-,10-,11+,12+,13+/m1/s1. The highest BCUT2D eigenvalue weighted by Crippen LogP contribution is 2.60. The van der Waals surface area contributed by atoms with E-state index in [-0.39, 0.29) is 57.5 Å². The van der Waals surface area contributed by atoms with Crippen molar-refractivity contribution in [2.45, 2.75) is 23.0 Å². The number of carbonyl (C=O) groups excluding carboxylic acids is 3. The van der Waals surface area contributed by atoms with Crippen molar-refractivity contribution in [1.29, 1.82) is 0 Å². The van der Waals surface area contributed by atoms with E-state index in [0.29, 0.717) is 5.76 Å². The van der Waals surface area contributed by atoms with Crippen LogP contribution in [-0.2, 0) is 14.4 Å². The van der Waals surface area contributed by atoms with Crippen molar-refractivity contribution in [3.05, 3.63) is 11.8 Å². The number of likely N-dealkylation sites (tertiary alicyclic amines) is 1. The number of aryl methyl sites for hydroxylation is 1. The zero-order chi connectivity index (χ0) is 17.2. The smallest absolute Gasteiger partial charge is 0.245 e. The number of rotatable bonds is 3. The summed E-state index contributed by atoms with van der Waals surface area (Å²) in [4.78, 5) is 39.0. The van der Waals surface area contributed by atoms with E-state index in [0.717, 1.165) is 11.3 Å². The topological polar surface area (TPSA) is 92.5 Å². The first-order valence-corrected chi connectivity index (χ1v) is 9.58. The van der Waals surface area contributed by atoms with E-state index in [9.17, 15) is 14.4 Å². The Hall–Kier alpha value is -1.22. The molecule has 1 saturated heterocycles. The van der Waals surface area contributed by atoms with Gasteiger partial charge in [0.25, 0.3) is 0 Å². The Morgan fingerprint density at radius 2 is 1.88 bits per heavy atom. The monoisotopic (exact) mass is 459 g/mol. The van der Waals surface area contributed by atoms with E-state index in [1.165, 1.54) is 0 Å². The molecule has 128 valence electrons. The van der Waals surface area contributed by atoms with Gasteiger partial charge in [0.05, 0.1) is 11.8 Å². The Bertz CT molecular complexity index is 704. The van der Waals surface area contributed by atoms with Crippen LogP contribution in [-0.4, -0.2) is 44.0 Å². The van der Waals surface area contributed by atoms with Gasteiger partial charge in [-0.25, -0.2) is 0 Å². The van der Waals surface area contributed by atoms with Crippen LogP contribution in [0.2, 0.25) is 0 Å². The predicted octanol–water partition coefficient (Wildman–Crippen LogP) is 1.70. The van der Waals surface area contributed by atoms with Gasteiger partial charge in [0, 0.05) is 15.7 Å². The van der Waals surface area contributed by atoms with Crippen LogP contribution in [0.1, 0.15) is 12.2 Å². The largest absolute Gasteiger partial charge is 0.360 e. The van der Waals surface area contributed by atoms with Crippen LogP contribution in [0.5, 0.6) is 0 Å². The Morgan fingerprint density at radius 1 is 1.29 bits per heavy atom. The molecule has 6 atom stereocenters. The fourth-order valence-corrected chi connectivity index (χ4v) is 6.19. The van der Waals surface area contributed by atoms with Gasteiger partial charge in [-0.2, -0.15) is 0 Å². The highest BCUT2D eigenvalue weighted by molar-refractivity contribution is 9.12. The van der Waals surface area contributed by atoms with Crippen molar-refractivity contribution in [2.75, 3.05) is 11.9 Å². The van der Waals surface area contributed by atoms with Gasteiger partial charge in [0.15, 0.2) is 5.82 Å². The number of fused-ring (bicyclic) bond motifs is 5. The Labute approximate surface area is 154 Å².